The summed E-state index contributed by atoms with van der Waals surface area (Å²) in [4.78, 5) is 0. The van der Waals surface area contributed by atoms with Crippen LogP contribution in [0.4, 0.5) is 4.39 Å². The molecule has 0 heterocycles. The number of aliphatic hydroxyl groups is 1. The van der Waals surface area contributed by atoms with Gasteiger partial charge < -0.3 is 5.11 Å². The third-order valence-corrected chi connectivity index (χ3v) is 3.21. The molecule has 1 rings (SSSR count). The van der Waals surface area contributed by atoms with Gasteiger partial charge in [-0.3, -0.25) is 0 Å². The predicted octanol–water partition coefficient (Wildman–Crippen LogP) is 4.08. The van der Waals surface area contributed by atoms with Crippen LogP contribution in [-0.2, 0) is 5.41 Å². The second kappa shape index (κ2) is 4.79. The number of halogens is 2. The minimum atomic E-state index is -0.971. The first-order valence-electron chi connectivity index (χ1n) is 5.49. The first-order chi connectivity index (χ1) is 7.68. The van der Waals surface area contributed by atoms with Crippen LogP contribution in [0.15, 0.2) is 30.9 Å². The molecule has 0 aliphatic carbocycles. The largest absolute Gasteiger partial charge is 0.386 e. The van der Waals surface area contributed by atoms with Crippen molar-refractivity contribution in [1.82, 2.24) is 0 Å². The van der Waals surface area contributed by atoms with E-state index in [0.717, 1.165) is 5.56 Å². The maximum absolute atomic E-state index is 13.0. The van der Waals surface area contributed by atoms with Crippen molar-refractivity contribution in [1.29, 1.82) is 0 Å². The lowest BCUT2D eigenvalue weighted by Gasteiger charge is -2.33. The summed E-state index contributed by atoms with van der Waals surface area (Å²) in [5.74, 6) is -0.356. The first kappa shape index (κ1) is 14.2. The average Bonchev–Trinajstić information content (AvgIpc) is 2.15. The summed E-state index contributed by atoms with van der Waals surface area (Å²) in [6.45, 7) is 9.22. The molecule has 0 amide bonds. The van der Waals surface area contributed by atoms with E-state index in [1.54, 1.807) is 13.0 Å². The van der Waals surface area contributed by atoms with Crippen LogP contribution in [0.3, 0.4) is 0 Å². The number of benzene rings is 1. The highest BCUT2D eigenvalue weighted by Crippen LogP contribution is 2.36. The summed E-state index contributed by atoms with van der Waals surface area (Å²) in [5, 5.41) is 10.4. The topological polar surface area (TPSA) is 20.2 Å². The fraction of sp³-hybridized carbons (Fsp3) is 0.429. The fourth-order valence-corrected chi connectivity index (χ4v) is 2.52. The van der Waals surface area contributed by atoms with E-state index in [-0.39, 0.29) is 11.2 Å². The minimum Gasteiger partial charge on any atom is -0.386 e. The van der Waals surface area contributed by atoms with Gasteiger partial charge in [0.25, 0.3) is 0 Å². The van der Waals surface area contributed by atoms with Gasteiger partial charge in [0, 0.05) is 5.02 Å². The van der Waals surface area contributed by atoms with Crippen LogP contribution in [0.1, 0.15) is 32.8 Å². The molecule has 0 aliphatic rings. The van der Waals surface area contributed by atoms with Gasteiger partial charge in [-0.1, -0.05) is 37.6 Å². The Labute approximate surface area is 107 Å². The van der Waals surface area contributed by atoms with Crippen LogP contribution in [0.2, 0.25) is 5.02 Å². The van der Waals surface area contributed by atoms with Gasteiger partial charge in [0.15, 0.2) is 0 Å². The van der Waals surface area contributed by atoms with Crippen LogP contribution in [0.5, 0.6) is 0 Å². The predicted molar refractivity (Wildman–Crippen MR) is 69.9 cm³/mol. The molecule has 3 heteroatoms. The number of rotatable bonds is 4. The molecule has 0 bridgehead atoms. The van der Waals surface area contributed by atoms with Crippen molar-refractivity contribution in [2.24, 2.45) is 0 Å². The molecule has 0 spiro atoms. The number of hydrogen-bond donors (Lipinski definition) is 1. The standard InChI is InChI=1S/C14H18ClFO/c1-5-14(4,17)9-13(2,3)11-7-6-10(16)8-12(11)15/h5-8,17H,1,9H2,2-4H3. The monoisotopic (exact) mass is 256 g/mol. The van der Waals surface area contributed by atoms with Gasteiger partial charge in [-0.2, -0.15) is 0 Å². The maximum atomic E-state index is 13.0. The van der Waals surface area contributed by atoms with Crippen molar-refractivity contribution >= 4 is 11.6 Å². The van der Waals surface area contributed by atoms with Crippen molar-refractivity contribution in [3.8, 4) is 0 Å². The SMILES string of the molecule is C=CC(C)(O)CC(C)(C)c1ccc(F)cc1Cl. The Morgan fingerprint density at radius 2 is 2.00 bits per heavy atom. The first-order valence-corrected chi connectivity index (χ1v) is 5.87. The Bertz CT molecular complexity index is 424. The van der Waals surface area contributed by atoms with E-state index >= 15 is 0 Å². The van der Waals surface area contributed by atoms with Crippen LogP contribution in [-0.4, -0.2) is 10.7 Å². The summed E-state index contributed by atoms with van der Waals surface area (Å²) in [6.07, 6.45) is 1.97. The Balaban J connectivity index is 3.08. The van der Waals surface area contributed by atoms with E-state index in [4.69, 9.17) is 11.6 Å². The van der Waals surface area contributed by atoms with Gasteiger partial charge in [0.2, 0.25) is 0 Å². The van der Waals surface area contributed by atoms with Crippen molar-refractivity contribution in [2.45, 2.75) is 38.2 Å². The Hall–Kier alpha value is -0.860. The molecule has 94 valence electrons. The second-order valence-electron chi connectivity index (χ2n) is 5.25. The summed E-state index contributed by atoms with van der Waals surface area (Å²) in [7, 11) is 0. The van der Waals surface area contributed by atoms with E-state index in [9.17, 15) is 9.50 Å². The van der Waals surface area contributed by atoms with E-state index in [1.807, 2.05) is 13.8 Å². The van der Waals surface area contributed by atoms with E-state index in [0.29, 0.717) is 11.4 Å². The molecule has 0 saturated carbocycles. The van der Waals surface area contributed by atoms with Crippen molar-refractivity contribution in [2.75, 3.05) is 0 Å². The van der Waals surface area contributed by atoms with Crippen molar-refractivity contribution in [3.05, 3.63) is 47.3 Å². The highest BCUT2D eigenvalue weighted by atomic mass is 35.5. The van der Waals surface area contributed by atoms with Gasteiger partial charge in [0.1, 0.15) is 5.82 Å². The molecule has 17 heavy (non-hydrogen) atoms. The highest BCUT2D eigenvalue weighted by molar-refractivity contribution is 6.31. The van der Waals surface area contributed by atoms with Crippen molar-refractivity contribution < 1.29 is 9.50 Å². The smallest absolute Gasteiger partial charge is 0.124 e. The lowest BCUT2D eigenvalue weighted by molar-refractivity contribution is 0.0794. The van der Waals surface area contributed by atoms with Gasteiger partial charge >= 0.3 is 0 Å². The summed E-state index contributed by atoms with van der Waals surface area (Å²) >= 11 is 6.04. The lowest BCUT2D eigenvalue weighted by atomic mass is 9.76. The molecular weight excluding hydrogens is 239 g/mol. The minimum absolute atomic E-state index is 0.356. The molecule has 1 N–H and O–H groups in total. The van der Waals surface area contributed by atoms with Gasteiger partial charge in [-0.15, -0.1) is 6.58 Å². The second-order valence-corrected chi connectivity index (χ2v) is 5.65. The Morgan fingerprint density at radius 1 is 1.41 bits per heavy atom. The molecule has 0 fully saturated rings. The van der Waals surface area contributed by atoms with Crippen LogP contribution in [0, 0.1) is 5.82 Å². The quantitative estimate of drug-likeness (QED) is 0.805. The summed E-state index contributed by atoms with van der Waals surface area (Å²) in [5.41, 5.74) is -0.508. The van der Waals surface area contributed by atoms with E-state index in [2.05, 4.69) is 6.58 Å². The molecule has 1 aromatic carbocycles. The third-order valence-electron chi connectivity index (χ3n) is 2.90. The van der Waals surface area contributed by atoms with E-state index < -0.39 is 5.60 Å². The molecule has 0 radical (unpaired) electrons. The zero-order valence-electron chi connectivity index (χ0n) is 10.4. The molecule has 0 aliphatic heterocycles. The average molecular weight is 257 g/mol. The fourth-order valence-electron chi connectivity index (χ4n) is 2.10. The van der Waals surface area contributed by atoms with E-state index in [1.165, 1.54) is 18.2 Å². The molecule has 0 saturated heterocycles. The van der Waals surface area contributed by atoms with Crippen LogP contribution < -0.4 is 0 Å². The van der Waals surface area contributed by atoms with Gasteiger partial charge in [0.05, 0.1) is 5.60 Å². The summed E-state index contributed by atoms with van der Waals surface area (Å²) < 4.78 is 13.0. The molecule has 1 aromatic rings. The lowest BCUT2D eigenvalue weighted by Crippen LogP contribution is -2.32. The molecule has 1 unspecified atom stereocenters. The third kappa shape index (κ3) is 3.55. The maximum Gasteiger partial charge on any atom is 0.124 e. The van der Waals surface area contributed by atoms with Crippen LogP contribution >= 0.6 is 11.6 Å². The zero-order chi connectivity index (χ0) is 13.3. The molecule has 0 aromatic heterocycles. The Morgan fingerprint density at radius 3 is 2.47 bits per heavy atom. The molecular formula is C14H18ClFO. The normalized spacial score (nSPS) is 15.4. The van der Waals surface area contributed by atoms with Gasteiger partial charge in [-0.25, -0.2) is 4.39 Å². The molecule has 1 atom stereocenters. The molecule has 1 nitrogen and oxygen atoms in total. The Kier molecular flexibility index (Phi) is 4.00. The van der Waals surface area contributed by atoms with Crippen molar-refractivity contribution in [3.63, 3.8) is 0 Å². The zero-order valence-corrected chi connectivity index (χ0v) is 11.2. The van der Waals surface area contributed by atoms with Crippen LogP contribution in [0.25, 0.3) is 0 Å². The number of hydrogen-bond acceptors (Lipinski definition) is 1. The summed E-state index contributed by atoms with van der Waals surface area (Å²) in [6, 6.07) is 4.34. The highest BCUT2D eigenvalue weighted by Gasteiger charge is 2.31. The van der Waals surface area contributed by atoms with Gasteiger partial charge in [-0.05, 0) is 36.5 Å².